The Morgan fingerprint density at radius 1 is 0.900 bits per heavy atom. The van der Waals surface area contributed by atoms with Crippen molar-refractivity contribution < 1.29 is 14.2 Å². The van der Waals surface area contributed by atoms with Crippen molar-refractivity contribution in [2.24, 2.45) is 0 Å². The monoisotopic (exact) mass is 291 g/mol. The second-order valence-corrected chi connectivity index (χ2v) is 4.90. The van der Waals surface area contributed by atoms with Crippen LogP contribution in [0.1, 0.15) is 0 Å². The predicted molar refractivity (Wildman–Crippen MR) is 82.3 cm³/mol. The van der Waals surface area contributed by atoms with Crippen LogP contribution in [0.2, 0.25) is 0 Å². The predicted octanol–water partition coefficient (Wildman–Crippen LogP) is 3.80. The van der Waals surface area contributed by atoms with E-state index < -0.39 is 0 Å². The molecule has 5 heteroatoms. The Balaban J connectivity index is 2.27. The second kappa shape index (κ2) is 6.43. The maximum absolute atomic E-state index is 5.96. The average Bonchev–Trinajstić information content (AvgIpc) is 2.49. The van der Waals surface area contributed by atoms with Crippen molar-refractivity contribution >= 4 is 17.4 Å². The van der Waals surface area contributed by atoms with E-state index in [1.807, 2.05) is 30.5 Å². The normalized spacial score (nSPS) is 10.2. The molecular formula is C15H17NO3S. The molecule has 0 radical (unpaired) electrons. The minimum Gasteiger partial charge on any atom is -0.493 e. The molecule has 0 aromatic heterocycles. The van der Waals surface area contributed by atoms with Gasteiger partial charge in [-0.25, -0.2) is 0 Å². The first-order valence-electron chi connectivity index (χ1n) is 6.01. The maximum atomic E-state index is 5.96. The average molecular weight is 291 g/mol. The first kappa shape index (κ1) is 14.4. The third kappa shape index (κ3) is 3.11. The van der Waals surface area contributed by atoms with E-state index in [0.717, 1.165) is 5.75 Å². The summed E-state index contributed by atoms with van der Waals surface area (Å²) in [7, 11) is 3.14. The molecule has 0 aliphatic heterocycles. The van der Waals surface area contributed by atoms with E-state index in [1.54, 1.807) is 38.1 Å². The van der Waals surface area contributed by atoms with Gasteiger partial charge in [-0.15, -0.1) is 11.8 Å². The number of hydrogen-bond donors (Lipinski definition) is 1. The molecule has 0 atom stereocenters. The standard InChI is InChI=1S/C15H17NO3S/c1-17-14-8-12(16)13(9-15(14)18-2)19-10-4-6-11(20-3)7-5-10/h4-9H,16H2,1-3H3. The SMILES string of the molecule is COc1cc(N)c(Oc2ccc(SC)cc2)cc1OC. The zero-order chi connectivity index (χ0) is 14.5. The Bertz CT molecular complexity index is 584. The molecule has 0 aliphatic rings. The molecule has 0 saturated carbocycles. The van der Waals surface area contributed by atoms with Crippen molar-refractivity contribution in [3.05, 3.63) is 36.4 Å². The van der Waals surface area contributed by atoms with Gasteiger partial charge >= 0.3 is 0 Å². The number of hydrogen-bond acceptors (Lipinski definition) is 5. The highest BCUT2D eigenvalue weighted by molar-refractivity contribution is 7.98. The van der Waals surface area contributed by atoms with Gasteiger partial charge in [-0.2, -0.15) is 0 Å². The van der Waals surface area contributed by atoms with Crippen LogP contribution >= 0.6 is 11.8 Å². The molecule has 0 saturated heterocycles. The quantitative estimate of drug-likeness (QED) is 0.670. The van der Waals surface area contributed by atoms with Gasteiger partial charge in [-0.1, -0.05) is 0 Å². The largest absolute Gasteiger partial charge is 0.493 e. The van der Waals surface area contributed by atoms with Crippen molar-refractivity contribution in [2.75, 3.05) is 26.2 Å². The summed E-state index contributed by atoms with van der Waals surface area (Å²) in [5.41, 5.74) is 6.46. The number of rotatable bonds is 5. The number of nitrogens with two attached hydrogens (primary N) is 1. The first-order chi connectivity index (χ1) is 9.67. The van der Waals surface area contributed by atoms with E-state index in [1.165, 1.54) is 4.90 Å². The molecule has 0 amide bonds. The lowest BCUT2D eigenvalue weighted by atomic mass is 10.2. The van der Waals surface area contributed by atoms with Gasteiger partial charge in [0.25, 0.3) is 0 Å². The van der Waals surface area contributed by atoms with Crippen molar-refractivity contribution in [3.8, 4) is 23.0 Å². The van der Waals surface area contributed by atoms with Crippen LogP contribution in [-0.2, 0) is 0 Å². The summed E-state index contributed by atoms with van der Waals surface area (Å²) in [4.78, 5) is 1.18. The minimum absolute atomic E-state index is 0.497. The molecule has 0 unspecified atom stereocenters. The van der Waals surface area contributed by atoms with Crippen LogP contribution < -0.4 is 19.9 Å². The van der Waals surface area contributed by atoms with Crippen molar-refractivity contribution in [1.82, 2.24) is 0 Å². The lowest BCUT2D eigenvalue weighted by molar-refractivity contribution is 0.352. The fourth-order valence-electron chi connectivity index (χ4n) is 1.74. The zero-order valence-electron chi connectivity index (χ0n) is 11.7. The third-order valence-corrected chi connectivity index (χ3v) is 3.55. The fourth-order valence-corrected chi connectivity index (χ4v) is 2.14. The summed E-state index contributed by atoms with van der Waals surface area (Å²) >= 11 is 1.68. The lowest BCUT2D eigenvalue weighted by Gasteiger charge is -2.13. The van der Waals surface area contributed by atoms with Gasteiger partial charge in [0.2, 0.25) is 0 Å². The van der Waals surface area contributed by atoms with E-state index >= 15 is 0 Å². The summed E-state index contributed by atoms with van der Waals surface area (Å²) in [6.07, 6.45) is 2.03. The molecule has 2 aromatic carbocycles. The molecular weight excluding hydrogens is 274 g/mol. The number of anilines is 1. The van der Waals surface area contributed by atoms with E-state index in [-0.39, 0.29) is 0 Å². The van der Waals surface area contributed by atoms with Crippen molar-refractivity contribution in [1.29, 1.82) is 0 Å². The highest BCUT2D eigenvalue weighted by Crippen LogP contribution is 2.38. The zero-order valence-corrected chi connectivity index (χ0v) is 12.5. The van der Waals surface area contributed by atoms with E-state index in [9.17, 15) is 0 Å². The summed E-state index contributed by atoms with van der Waals surface area (Å²) in [6.45, 7) is 0. The molecule has 4 nitrogen and oxygen atoms in total. The lowest BCUT2D eigenvalue weighted by Crippen LogP contribution is -1.96. The van der Waals surface area contributed by atoms with Crippen LogP contribution in [0, 0.1) is 0 Å². The minimum atomic E-state index is 0.497. The number of methoxy groups -OCH3 is 2. The summed E-state index contributed by atoms with van der Waals surface area (Å²) in [5, 5.41) is 0. The van der Waals surface area contributed by atoms with E-state index in [0.29, 0.717) is 22.9 Å². The number of thioether (sulfide) groups is 1. The van der Waals surface area contributed by atoms with Gasteiger partial charge in [0.1, 0.15) is 5.75 Å². The first-order valence-corrected chi connectivity index (χ1v) is 7.23. The van der Waals surface area contributed by atoms with E-state index in [4.69, 9.17) is 19.9 Å². The summed E-state index contributed by atoms with van der Waals surface area (Å²) < 4.78 is 16.2. The van der Waals surface area contributed by atoms with E-state index in [2.05, 4.69) is 0 Å². The molecule has 0 spiro atoms. The Hall–Kier alpha value is -2.01. The van der Waals surface area contributed by atoms with Crippen LogP contribution in [0.3, 0.4) is 0 Å². The number of benzene rings is 2. The van der Waals surface area contributed by atoms with Gasteiger partial charge in [-0.3, -0.25) is 0 Å². The molecule has 20 heavy (non-hydrogen) atoms. The molecule has 106 valence electrons. The van der Waals surface area contributed by atoms with Crippen molar-refractivity contribution in [3.63, 3.8) is 0 Å². The van der Waals surface area contributed by atoms with Gasteiger partial charge in [-0.05, 0) is 30.5 Å². The molecule has 0 bridgehead atoms. The Morgan fingerprint density at radius 3 is 2.05 bits per heavy atom. The Kier molecular flexibility index (Phi) is 4.63. The topological polar surface area (TPSA) is 53.7 Å². The fraction of sp³-hybridized carbons (Fsp3) is 0.200. The van der Waals surface area contributed by atoms with Gasteiger partial charge in [0, 0.05) is 17.0 Å². The smallest absolute Gasteiger partial charge is 0.164 e. The van der Waals surface area contributed by atoms with Crippen LogP contribution in [0.4, 0.5) is 5.69 Å². The van der Waals surface area contributed by atoms with Crippen LogP contribution in [0.5, 0.6) is 23.0 Å². The number of nitrogen functional groups attached to an aromatic ring is 1. The maximum Gasteiger partial charge on any atom is 0.164 e. The van der Waals surface area contributed by atoms with Crippen LogP contribution in [-0.4, -0.2) is 20.5 Å². The Morgan fingerprint density at radius 2 is 1.50 bits per heavy atom. The van der Waals surface area contributed by atoms with Gasteiger partial charge in [0.15, 0.2) is 17.2 Å². The van der Waals surface area contributed by atoms with Crippen molar-refractivity contribution in [2.45, 2.75) is 4.90 Å². The van der Waals surface area contributed by atoms with Gasteiger partial charge < -0.3 is 19.9 Å². The molecule has 0 fully saturated rings. The summed E-state index contributed by atoms with van der Waals surface area (Å²) in [5.74, 6) is 2.42. The van der Waals surface area contributed by atoms with Crippen LogP contribution in [0.25, 0.3) is 0 Å². The highest BCUT2D eigenvalue weighted by atomic mass is 32.2. The molecule has 2 aromatic rings. The number of ether oxygens (including phenoxy) is 3. The Labute approximate surface area is 122 Å². The molecule has 0 heterocycles. The second-order valence-electron chi connectivity index (χ2n) is 4.02. The molecule has 0 aliphatic carbocycles. The molecule has 2 N–H and O–H groups in total. The highest BCUT2D eigenvalue weighted by Gasteiger charge is 2.11. The molecule has 2 rings (SSSR count). The van der Waals surface area contributed by atoms with Gasteiger partial charge in [0.05, 0.1) is 19.9 Å². The van der Waals surface area contributed by atoms with Crippen LogP contribution in [0.15, 0.2) is 41.3 Å². The third-order valence-electron chi connectivity index (χ3n) is 2.80. The summed E-state index contributed by atoms with van der Waals surface area (Å²) in [6, 6.07) is 11.2.